The minimum Gasteiger partial charge on any atom is -0.457 e. The number of ether oxygens (including phenoxy) is 2. The average molecular weight is 579 g/mol. The fourth-order valence-corrected chi connectivity index (χ4v) is 6.96. The third kappa shape index (κ3) is 3.93. The van der Waals surface area contributed by atoms with Crippen LogP contribution in [0.3, 0.4) is 0 Å². The Kier molecular flexibility index (Phi) is 5.69. The van der Waals surface area contributed by atoms with Crippen molar-refractivity contribution in [3.8, 4) is 56.5 Å². The first-order valence-corrected chi connectivity index (χ1v) is 15.0. The summed E-state index contributed by atoms with van der Waals surface area (Å²) >= 11 is 0. The van der Waals surface area contributed by atoms with Crippen LogP contribution in [0.1, 0.15) is 22.3 Å². The molecule has 0 saturated heterocycles. The maximum atomic E-state index is 6.90. The van der Waals surface area contributed by atoms with Crippen molar-refractivity contribution in [3.05, 3.63) is 180 Å². The van der Waals surface area contributed by atoms with Crippen LogP contribution in [0.15, 0.2) is 158 Å². The molecule has 2 aliphatic rings. The molecule has 4 heteroatoms. The number of hydrogen-bond donors (Lipinski definition) is 0. The maximum absolute atomic E-state index is 6.90. The number of benzene rings is 5. The summed E-state index contributed by atoms with van der Waals surface area (Å²) in [5.41, 5.74) is 9.97. The summed E-state index contributed by atoms with van der Waals surface area (Å²) in [4.78, 5) is 8.95. The van der Waals surface area contributed by atoms with Gasteiger partial charge in [-0.15, -0.1) is 0 Å². The molecule has 4 nitrogen and oxygen atoms in total. The van der Waals surface area contributed by atoms with Crippen molar-refractivity contribution < 1.29 is 9.47 Å². The molecule has 0 radical (unpaired) electrons. The van der Waals surface area contributed by atoms with Crippen LogP contribution in [0.5, 0.6) is 23.0 Å². The van der Waals surface area contributed by atoms with E-state index in [1.54, 1.807) is 6.20 Å². The van der Waals surface area contributed by atoms with E-state index in [0.717, 1.165) is 78.8 Å². The molecular weight excluding hydrogens is 552 g/mol. The van der Waals surface area contributed by atoms with Crippen LogP contribution in [0, 0.1) is 0 Å². The third-order valence-corrected chi connectivity index (χ3v) is 8.94. The molecule has 0 N–H and O–H groups in total. The van der Waals surface area contributed by atoms with Gasteiger partial charge in [0.25, 0.3) is 0 Å². The first kappa shape index (κ1) is 25.5. The Morgan fingerprint density at radius 1 is 0.400 bits per heavy atom. The van der Waals surface area contributed by atoms with Crippen LogP contribution in [-0.4, -0.2) is 9.97 Å². The van der Waals surface area contributed by atoms with Gasteiger partial charge in [-0.3, -0.25) is 9.97 Å². The second-order valence-electron chi connectivity index (χ2n) is 11.4. The number of pyridine rings is 2. The fourth-order valence-electron chi connectivity index (χ4n) is 6.96. The Morgan fingerprint density at radius 3 is 1.67 bits per heavy atom. The smallest absolute Gasteiger partial charge is 0.132 e. The highest BCUT2D eigenvalue weighted by atomic mass is 16.5. The molecule has 212 valence electrons. The quantitative estimate of drug-likeness (QED) is 0.209. The van der Waals surface area contributed by atoms with E-state index in [-0.39, 0.29) is 0 Å². The van der Waals surface area contributed by atoms with Gasteiger partial charge in [-0.1, -0.05) is 91.0 Å². The summed E-state index contributed by atoms with van der Waals surface area (Å²) in [6.07, 6.45) is 5.52. The summed E-state index contributed by atoms with van der Waals surface area (Å²) < 4.78 is 13.4. The van der Waals surface area contributed by atoms with Gasteiger partial charge in [0, 0.05) is 52.0 Å². The van der Waals surface area contributed by atoms with E-state index in [2.05, 4.69) is 113 Å². The summed E-state index contributed by atoms with van der Waals surface area (Å²) in [6.45, 7) is 0. The lowest BCUT2D eigenvalue weighted by molar-refractivity contribution is 0.399. The number of hydrogen-bond acceptors (Lipinski definition) is 4. The number of nitrogens with zero attached hydrogens (tertiary/aromatic N) is 2. The van der Waals surface area contributed by atoms with Crippen LogP contribution in [0.25, 0.3) is 33.5 Å². The predicted molar refractivity (Wildman–Crippen MR) is 177 cm³/mol. The minimum absolute atomic E-state index is 0.646. The minimum atomic E-state index is -0.646. The van der Waals surface area contributed by atoms with Crippen LogP contribution >= 0.6 is 0 Å². The highest BCUT2D eigenvalue weighted by Gasteiger charge is 2.50. The van der Waals surface area contributed by atoms with Gasteiger partial charge in [-0.2, -0.15) is 0 Å². The summed E-state index contributed by atoms with van der Waals surface area (Å²) in [5, 5.41) is 0. The SMILES string of the molecule is c1ccc(-c2ccc3c(c2)Oc2cc(-c4cccc(-c5cccnc5)c4)ccc2C32c3ccccc3Oc3ccccc32)nc1. The van der Waals surface area contributed by atoms with E-state index in [1.807, 2.05) is 48.8 Å². The number of aromatic nitrogens is 2. The average Bonchev–Trinajstić information content (AvgIpc) is 3.12. The monoisotopic (exact) mass is 578 g/mol. The van der Waals surface area contributed by atoms with E-state index in [9.17, 15) is 0 Å². The Labute approximate surface area is 261 Å². The van der Waals surface area contributed by atoms with Crippen LogP contribution in [-0.2, 0) is 5.41 Å². The Balaban J connectivity index is 1.30. The normalized spacial score (nSPS) is 13.4. The standard InChI is InChI=1S/C41H26N2O2/c1-3-15-37-32(12-1)41(33-13-2-4-16-38(33)44-37)34-19-17-29(27-9-7-10-28(23-27)31-11-8-21-42-26-31)24-39(34)45-40-25-30(18-20-35(40)41)36-14-5-6-22-43-36/h1-26H. The second kappa shape index (κ2) is 10.0. The number of fused-ring (bicyclic) bond motifs is 8. The van der Waals surface area contributed by atoms with Crippen LogP contribution in [0.4, 0.5) is 0 Å². The Bertz CT molecular complexity index is 2180. The third-order valence-electron chi connectivity index (χ3n) is 8.94. The van der Waals surface area contributed by atoms with E-state index in [4.69, 9.17) is 9.47 Å². The molecule has 2 aliphatic heterocycles. The zero-order valence-corrected chi connectivity index (χ0v) is 24.2. The van der Waals surface area contributed by atoms with Gasteiger partial charge in [0.1, 0.15) is 23.0 Å². The zero-order chi connectivity index (χ0) is 29.8. The first-order chi connectivity index (χ1) is 22.3. The molecule has 0 saturated carbocycles. The Hall–Kier alpha value is -6.00. The van der Waals surface area contributed by atoms with Crippen LogP contribution < -0.4 is 9.47 Å². The van der Waals surface area contributed by atoms with Crippen LogP contribution in [0.2, 0.25) is 0 Å². The van der Waals surface area contributed by atoms with Crippen molar-refractivity contribution in [1.82, 2.24) is 9.97 Å². The van der Waals surface area contributed by atoms with E-state index < -0.39 is 5.41 Å². The lowest BCUT2D eigenvalue weighted by atomic mass is 9.62. The molecule has 0 unspecified atom stereocenters. The van der Waals surface area contributed by atoms with Gasteiger partial charge in [0.2, 0.25) is 0 Å². The molecule has 0 aliphatic carbocycles. The van der Waals surface area contributed by atoms with Gasteiger partial charge in [-0.05, 0) is 65.2 Å². The van der Waals surface area contributed by atoms with Crippen molar-refractivity contribution >= 4 is 0 Å². The van der Waals surface area contributed by atoms with E-state index in [1.165, 1.54) is 0 Å². The molecule has 45 heavy (non-hydrogen) atoms. The Morgan fingerprint density at radius 2 is 0.978 bits per heavy atom. The highest BCUT2D eigenvalue weighted by Crippen LogP contribution is 2.61. The number of para-hydroxylation sites is 2. The van der Waals surface area contributed by atoms with Gasteiger partial charge in [0.15, 0.2) is 0 Å². The molecule has 9 rings (SSSR count). The summed E-state index contributed by atoms with van der Waals surface area (Å²) in [5.74, 6) is 3.31. The highest BCUT2D eigenvalue weighted by molar-refractivity contribution is 5.80. The molecule has 0 atom stereocenters. The summed E-state index contributed by atoms with van der Waals surface area (Å²) in [7, 11) is 0. The molecule has 0 fully saturated rings. The van der Waals surface area contributed by atoms with Crippen molar-refractivity contribution in [1.29, 1.82) is 0 Å². The van der Waals surface area contributed by atoms with E-state index >= 15 is 0 Å². The van der Waals surface area contributed by atoms with Gasteiger partial charge in [0.05, 0.1) is 11.1 Å². The molecule has 7 aromatic rings. The molecule has 0 amide bonds. The summed E-state index contributed by atoms with van der Waals surface area (Å²) in [6, 6.07) is 48.4. The largest absolute Gasteiger partial charge is 0.457 e. The predicted octanol–water partition coefficient (Wildman–Crippen LogP) is 10.1. The van der Waals surface area contributed by atoms with Crippen molar-refractivity contribution in [2.45, 2.75) is 5.41 Å². The van der Waals surface area contributed by atoms with Crippen molar-refractivity contribution in [3.63, 3.8) is 0 Å². The number of rotatable bonds is 3. The molecule has 1 spiro atoms. The molecular formula is C41H26N2O2. The van der Waals surface area contributed by atoms with Gasteiger partial charge in [-0.25, -0.2) is 0 Å². The topological polar surface area (TPSA) is 44.2 Å². The molecule has 2 aromatic heterocycles. The first-order valence-electron chi connectivity index (χ1n) is 15.0. The van der Waals surface area contributed by atoms with Crippen molar-refractivity contribution in [2.75, 3.05) is 0 Å². The molecule has 5 aromatic carbocycles. The second-order valence-corrected chi connectivity index (χ2v) is 11.4. The van der Waals surface area contributed by atoms with Gasteiger partial charge < -0.3 is 9.47 Å². The zero-order valence-electron chi connectivity index (χ0n) is 24.2. The molecule has 4 heterocycles. The lowest BCUT2D eigenvalue weighted by Gasteiger charge is -2.45. The van der Waals surface area contributed by atoms with Crippen molar-refractivity contribution in [2.24, 2.45) is 0 Å². The fraction of sp³-hybridized carbons (Fsp3) is 0.0244. The van der Waals surface area contributed by atoms with E-state index in [0.29, 0.717) is 0 Å². The maximum Gasteiger partial charge on any atom is 0.132 e. The lowest BCUT2D eigenvalue weighted by Crippen LogP contribution is -2.36. The van der Waals surface area contributed by atoms with Gasteiger partial charge >= 0.3 is 0 Å². The molecule has 0 bridgehead atoms.